The zero-order chi connectivity index (χ0) is 23.7. The molecule has 1 atom stereocenters. The van der Waals surface area contributed by atoms with Gasteiger partial charge in [0.15, 0.2) is 0 Å². The van der Waals surface area contributed by atoms with E-state index < -0.39 is 6.10 Å². The molecule has 6 nitrogen and oxygen atoms in total. The number of halogens is 1. The van der Waals surface area contributed by atoms with Crippen LogP contribution in [0.2, 0.25) is 5.02 Å². The standard InChI is InChI=1S/C27H34ClN5O/c1-20-5-3-4-6-25(20)32-15-13-31(14-16-32)17-23(34)18-33-26-11-12-30(2)19-24(26)27(29-33)21-7-9-22(28)10-8-21/h3-10,23,34H,11-19H2,1-2H3. The summed E-state index contributed by atoms with van der Waals surface area (Å²) < 4.78 is 2.06. The van der Waals surface area contributed by atoms with Crippen LogP contribution in [-0.2, 0) is 19.5 Å². The van der Waals surface area contributed by atoms with E-state index in [1.165, 1.54) is 22.5 Å². The van der Waals surface area contributed by atoms with Crippen molar-refractivity contribution in [3.05, 3.63) is 70.4 Å². The van der Waals surface area contributed by atoms with Gasteiger partial charge in [0.2, 0.25) is 0 Å². The fraction of sp³-hybridized carbons (Fsp3) is 0.444. The molecular formula is C27H34ClN5O. The summed E-state index contributed by atoms with van der Waals surface area (Å²) in [6.07, 6.45) is 0.501. The number of aryl methyl sites for hydroxylation is 1. The summed E-state index contributed by atoms with van der Waals surface area (Å²) >= 11 is 6.11. The molecule has 3 heterocycles. The van der Waals surface area contributed by atoms with Crippen LogP contribution in [0, 0.1) is 6.92 Å². The minimum atomic E-state index is -0.452. The number of aromatic nitrogens is 2. The summed E-state index contributed by atoms with van der Waals surface area (Å²) in [4.78, 5) is 7.17. The summed E-state index contributed by atoms with van der Waals surface area (Å²) in [6.45, 7) is 9.16. The molecule has 1 saturated heterocycles. The van der Waals surface area contributed by atoms with Crippen molar-refractivity contribution >= 4 is 17.3 Å². The average molecular weight is 480 g/mol. The zero-order valence-electron chi connectivity index (χ0n) is 20.1. The fourth-order valence-electron chi connectivity index (χ4n) is 5.26. The van der Waals surface area contributed by atoms with E-state index in [-0.39, 0.29) is 0 Å². The Kier molecular flexibility index (Phi) is 6.93. The van der Waals surface area contributed by atoms with Gasteiger partial charge in [0, 0.05) is 79.8 Å². The lowest BCUT2D eigenvalue weighted by molar-refractivity contribution is 0.0910. The summed E-state index contributed by atoms with van der Waals surface area (Å²) in [5.74, 6) is 0. The van der Waals surface area contributed by atoms with Gasteiger partial charge in [-0.2, -0.15) is 5.10 Å². The van der Waals surface area contributed by atoms with Crippen LogP contribution in [0.4, 0.5) is 5.69 Å². The van der Waals surface area contributed by atoms with Crippen molar-refractivity contribution in [3.63, 3.8) is 0 Å². The highest BCUT2D eigenvalue weighted by Crippen LogP contribution is 2.30. The topological polar surface area (TPSA) is 47.8 Å². The Morgan fingerprint density at radius 2 is 1.71 bits per heavy atom. The van der Waals surface area contributed by atoms with Crippen LogP contribution >= 0.6 is 11.6 Å². The van der Waals surface area contributed by atoms with Gasteiger partial charge in [-0.05, 0) is 37.7 Å². The summed E-state index contributed by atoms with van der Waals surface area (Å²) in [7, 11) is 2.15. The van der Waals surface area contributed by atoms with Crippen molar-refractivity contribution < 1.29 is 5.11 Å². The molecule has 0 bridgehead atoms. The maximum atomic E-state index is 11.0. The molecule has 0 spiro atoms. The Bertz CT molecular complexity index is 1120. The highest BCUT2D eigenvalue weighted by molar-refractivity contribution is 6.30. The van der Waals surface area contributed by atoms with E-state index in [2.05, 4.69) is 57.6 Å². The first-order valence-electron chi connectivity index (χ1n) is 12.2. The van der Waals surface area contributed by atoms with Gasteiger partial charge >= 0.3 is 0 Å². The number of fused-ring (bicyclic) bond motifs is 1. The molecule has 2 aliphatic rings. The molecule has 3 aromatic rings. The zero-order valence-corrected chi connectivity index (χ0v) is 20.9. The molecule has 1 unspecified atom stereocenters. The van der Waals surface area contributed by atoms with Crippen LogP contribution in [0.25, 0.3) is 11.3 Å². The van der Waals surface area contributed by atoms with Crippen molar-refractivity contribution in [1.29, 1.82) is 0 Å². The number of rotatable bonds is 6. The second-order valence-corrected chi connectivity index (χ2v) is 10.1. The number of benzene rings is 2. The van der Waals surface area contributed by atoms with Gasteiger partial charge in [-0.1, -0.05) is 41.9 Å². The number of likely N-dealkylation sites (N-methyl/N-ethyl adjacent to an activating group) is 1. The van der Waals surface area contributed by atoms with Gasteiger partial charge in [0.25, 0.3) is 0 Å². The molecule has 34 heavy (non-hydrogen) atoms. The Morgan fingerprint density at radius 1 is 0.971 bits per heavy atom. The lowest BCUT2D eigenvalue weighted by atomic mass is 10.0. The molecule has 0 amide bonds. The van der Waals surface area contributed by atoms with E-state index in [1.807, 2.05) is 24.3 Å². The largest absolute Gasteiger partial charge is 0.390 e. The molecule has 5 rings (SSSR count). The molecule has 7 heteroatoms. The van der Waals surface area contributed by atoms with Crippen molar-refractivity contribution in [2.75, 3.05) is 51.2 Å². The Balaban J connectivity index is 1.25. The first-order chi connectivity index (χ1) is 16.5. The second-order valence-electron chi connectivity index (χ2n) is 9.68. The van der Waals surface area contributed by atoms with Crippen LogP contribution in [-0.4, -0.2) is 77.1 Å². The van der Waals surface area contributed by atoms with Gasteiger partial charge < -0.3 is 14.9 Å². The number of piperazine rings is 1. The first kappa shape index (κ1) is 23.4. The van der Waals surface area contributed by atoms with Crippen molar-refractivity contribution in [2.45, 2.75) is 32.5 Å². The first-order valence-corrected chi connectivity index (χ1v) is 12.6. The van der Waals surface area contributed by atoms with E-state index in [0.29, 0.717) is 13.1 Å². The molecule has 1 fully saturated rings. The van der Waals surface area contributed by atoms with Crippen molar-refractivity contribution in [1.82, 2.24) is 19.6 Å². The fourth-order valence-corrected chi connectivity index (χ4v) is 5.39. The number of β-amino-alcohol motifs (C(OH)–C–C–N with tert-alkyl or cyclic N) is 1. The lowest BCUT2D eigenvalue weighted by Crippen LogP contribution is -2.49. The van der Waals surface area contributed by atoms with Gasteiger partial charge in [-0.15, -0.1) is 0 Å². The number of nitrogens with zero attached hydrogens (tertiary/aromatic N) is 5. The second kappa shape index (κ2) is 10.1. The van der Waals surface area contributed by atoms with Gasteiger partial charge in [-0.3, -0.25) is 9.58 Å². The predicted octanol–water partition coefficient (Wildman–Crippen LogP) is 3.68. The van der Waals surface area contributed by atoms with Crippen LogP contribution in [0.15, 0.2) is 48.5 Å². The van der Waals surface area contributed by atoms with Crippen molar-refractivity contribution in [3.8, 4) is 11.3 Å². The maximum Gasteiger partial charge on any atom is 0.0971 e. The number of anilines is 1. The number of aliphatic hydroxyl groups excluding tert-OH is 1. The number of hydrogen-bond donors (Lipinski definition) is 1. The van der Waals surface area contributed by atoms with Crippen molar-refractivity contribution in [2.24, 2.45) is 0 Å². The molecule has 0 aliphatic carbocycles. The molecule has 1 aromatic heterocycles. The van der Waals surface area contributed by atoms with Crippen LogP contribution in [0.5, 0.6) is 0 Å². The van der Waals surface area contributed by atoms with E-state index >= 15 is 0 Å². The van der Waals surface area contributed by atoms with Gasteiger partial charge in [0.1, 0.15) is 0 Å². The number of para-hydroxylation sites is 1. The van der Waals surface area contributed by atoms with Crippen LogP contribution < -0.4 is 4.90 Å². The number of aliphatic hydroxyl groups is 1. The van der Waals surface area contributed by atoms with Crippen LogP contribution in [0.1, 0.15) is 16.8 Å². The molecule has 2 aromatic carbocycles. The minimum absolute atomic E-state index is 0.452. The summed E-state index contributed by atoms with van der Waals surface area (Å²) in [6, 6.07) is 16.5. The van der Waals surface area contributed by atoms with E-state index in [1.54, 1.807) is 0 Å². The van der Waals surface area contributed by atoms with E-state index in [0.717, 1.165) is 62.0 Å². The summed E-state index contributed by atoms with van der Waals surface area (Å²) in [5, 5.41) is 16.7. The molecule has 2 aliphatic heterocycles. The molecular weight excluding hydrogens is 446 g/mol. The Labute approximate surface area is 207 Å². The van der Waals surface area contributed by atoms with Crippen LogP contribution in [0.3, 0.4) is 0 Å². The highest BCUT2D eigenvalue weighted by Gasteiger charge is 2.26. The number of hydrogen-bond acceptors (Lipinski definition) is 5. The minimum Gasteiger partial charge on any atom is -0.390 e. The Hall–Kier alpha value is -2.38. The van der Waals surface area contributed by atoms with E-state index in [9.17, 15) is 5.11 Å². The molecule has 0 saturated carbocycles. The molecule has 1 N–H and O–H groups in total. The SMILES string of the molecule is Cc1ccccc1N1CCN(CC(O)Cn2nc(-c3ccc(Cl)cc3)c3c2CCN(C)C3)CC1. The van der Waals surface area contributed by atoms with Gasteiger partial charge in [-0.25, -0.2) is 0 Å². The normalized spacial score (nSPS) is 18.2. The molecule has 180 valence electrons. The third kappa shape index (κ3) is 5.01. The average Bonchev–Trinajstić information content (AvgIpc) is 3.17. The summed E-state index contributed by atoms with van der Waals surface area (Å²) in [5.41, 5.74) is 7.27. The lowest BCUT2D eigenvalue weighted by Gasteiger charge is -2.37. The Morgan fingerprint density at radius 3 is 2.44 bits per heavy atom. The third-order valence-electron chi connectivity index (χ3n) is 7.12. The predicted molar refractivity (Wildman–Crippen MR) is 139 cm³/mol. The quantitative estimate of drug-likeness (QED) is 0.584. The van der Waals surface area contributed by atoms with E-state index in [4.69, 9.17) is 16.7 Å². The molecule has 0 radical (unpaired) electrons. The maximum absolute atomic E-state index is 11.0. The van der Waals surface area contributed by atoms with Gasteiger partial charge in [0.05, 0.1) is 18.3 Å². The monoisotopic (exact) mass is 479 g/mol. The highest BCUT2D eigenvalue weighted by atomic mass is 35.5. The smallest absolute Gasteiger partial charge is 0.0971 e. The third-order valence-corrected chi connectivity index (χ3v) is 7.38.